The predicted molar refractivity (Wildman–Crippen MR) is 131 cm³/mol. The molecule has 1 saturated carbocycles. The average Bonchev–Trinajstić information content (AvgIpc) is 3.62. The number of carbonyl (C=O) groups is 1. The topological polar surface area (TPSA) is 82.7 Å². The van der Waals surface area contributed by atoms with Crippen molar-refractivity contribution in [3.63, 3.8) is 0 Å². The Bertz CT molecular complexity index is 1000. The van der Waals surface area contributed by atoms with Crippen LogP contribution in [0.3, 0.4) is 0 Å². The van der Waals surface area contributed by atoms with Crippen molar-refractivity contribution < 1.29 is 27.6 Å². The van der Waals surface area contributed by atoms with Gasteiger partial charge in [0.2, 0.25) is 0 Å². The van der Waals surface area contributed by atoms with Gasteiger partial charge in [-0.1, -0.05) is 6.07 Å². The molecule has 0 heterocycles. The lowest BCUT2D eigenvalue weighted by Crippen LogP contribution is -2.43. The zero-order valence-corrected chi connectivity index (χ0v) is 20.7. The number of rotatable bonds is 11. The summed E-state index contributed by atoms with van der Waals surface area (Å²) in [7, 11) is 0. The molecule has 0 bridgehead atoms. The van der Waals surface area contributed by atoms with Gasteiger partial charge in [0.25, 0.3) is 0 Å². The molecule has 1 fully saturated rings. The molecular formula is C26H32F2N2O4S. The number of carbonyl (C=O) groups excluding carboxylic acids is 1. The number of ether oxygens (including phenoxy) is 2. The van der Waals surface area contributed by atoms with Crippen molar-refractivity contribution in [2.45, 2.75) is 51.0 Å². The van der Waals surface area contributed by atoms with E-state index >= 15 is 0 Å². The Morgan fingerprint density at radius 2 is 1.91 bits per heavy atom. The first-order valence-corrected chi connectivity index (χ1v) is 13.5. The van der Waals surface area contributed by atoms with Crippen molar-refractivity contribution in [1.29, 1.82) is 0 Å². The number of hydrogen-bond donors (Lipinski definition) is 2. The smallest absolute Gasteiger partial charge is 0.407 e. The highest BCUT2D eigenvalue weighted by molar-refractivity contribution is 7.89. The van der Waals surface area contributed by atoms with E-state index in [0.29, 0.717) is 49.0 Å². The van der Waals surface area contributed by atoms with Gasteiger partial charge in [-0.05, 0) is 80.0 Å². The molecule has 0 aromatic heterocycles. The monoisotopic (exact) mass is 506 g/mol. The molecule has 6 nitrogen and oxygen atoms in total. The predicted octanol–water partition coefficient (Wildman–Crippen LogP) is 4.39. The highest BCUT2D eigenvalue weighted by Crippen LogP contribution is 2.37. The summed E-state index contributed by atoms with van der Waals surface area (Å²) in [6.07, 6.45) is 3.61. The van der Waals surface area contributed by atoms with Crippen molar-refractivity contribution in [3.8, 4) is 5.75 Å². The quantitative estimate of drug-likeness (QED) is 0.349. The molecule has 2 N–H and O–H groups in total. The summed E-state index contributed by atoms with van der Waals surface area (Å²) >= 11 is -1.04. The Balaban J connectivity index is 1.47. The maximum absolute atomic E-state index is 13.9. The van der Waals surface area contributed by atoms with E-state index < -0.39 is 29.1 Å². The van der Waals surface area contributed by atoms with E-state index in [1.807, 2.05) is 18.2 Å². The molecule has 3 unspecified atom stereocenters. The van der Waals surface area contributed by atoms with Gasteiger partial charge in [0, 0.05) is 35.3 Å². The average molecular weight is 507 g/mol. The second-order valence-electron chi connectivity index (χ2n) is 9.16. The minimum atomic E-state index is -1.04. The summed E-state index contributed by atoms with van der Waals surface area (Å²) in [5.41, 5.74) is 2.61. The van der Waals surface area contributed by atoms with E-state index in [1.165, 1.54) is 12.1 Å². The molecule has 2 aliphatic carbocycles. The molecule has 0 aliphatic heterocycles. The fourth-order valence-corrected chi connectivity index (χ4v) is 5.77. The Hall–Kier alpha value is -2.36. The van der Waals surface area contributed by atoms with E-state index in [2.05, 4.69) is 10.0 Å². The second kappa shape index (κ2) is 12.1. The first-order valence-electron chi connectivity index (χ1n) is 12.2. The molecular weight excluding hydrogens is 474 g/mol. The molecule has 2 aliphatic rings. The summed E-state index contributed by atoms with van der Waals surface area (Å²) in [6.45, 7) is 2.82. The van der Waals surface area contributed by atoms with Gasteiger partial charge in [-0.2, -0.15) is 0 Å². The van der Waals surface area contributed by atoms with Crippen molar-refractivity contribution in [2.24, 2.45) is 5.92 Å². The number of fused-ring (bicyclic) bond motifs is 1. The highest BCUT2D eigenvalue weighted by Gasteiger charge is 2.32. The van der Waals surface area contributed by atoms with Crippen LogP contribution in [0.1, 0.15) is 48.8 Å². The van der Waals surface area contributed by atoms with Gasteiger partial charge < -0.3 is 19.3 Å². The first-order chi connectivity index (χ1) is 16.9. The summed E-state index contributed by atoms with van der Waals surface area (Å²) in [5, 5.41) is 2.93. The minimum Gasteiger partial charge on any atom is -0.598 e. The summed E-state index contributed by atoms with van der Waals surface area (Å²) < 4.78 is 53.7. The molecule has 0 radical (unpaired) electrons. The number of benzene rings is 2. The fraction of sp³-hybridized carbons (Fsp3) is 0.500. The summed E-state index contributed by atoms with van der Waals surface area (Å²) in [5.74, 6) is 0.465. The molecule has 3 atom stereocenters. The maximum Gasteiger partial charge on any atom is 0.407 e. The van der Waals surface area contributed by atoms with E-state index in [9.17, 15) is 18.1 Å². The van der Waals surface area contributed by atoms with Crippen LogP contribution in [0, 0.1) is 17.6 Å². The first kappa shape index (κ1) is 25.7. The van der Waals surface area contributed by atoms with Crippen LogP contribution >= 0.6 is 0 Å². The summed E-state index contributed by atoms with van der Waals surface area (Å²) in [4.78, 5) is 12.2. The molecule has 1 amide bonds. The normalized spacial score (nSPS) is 20.1. The van der Waals surface area contributed by atoms with Crippen molar-refractivity contribution >= 4 is 17.5 Å². The van der Waals surface area contributed by atoms with Crippen LogP contribution in [0.5, 0.6) is 5.75 Å². The summed E-state index contributed by atoms with van der Waals surface area (Å²) in [6, 6.07) is 9.09. The largest absolute Gasteiger partial charge is 0.598 e. The van der Waals surface area contributed by atoms with Crippen LogP contribution < -0.4 is 14.8 Å². The number of alkyl carbamates (subject to hydrolysis) is 1. The lowest BCUT2D eigenvalue weighted by atomic mass is 9.76. The molecule has 9 heteroatoms. The van der Waals surface area contributed by atoms with E-state index in [0.717, 1.165) is 36.5 Å². The number of hydrogen-bond acceptors (Lipinski definition) is 5. The van der Waals surface area contributed by atoms with Crippen LogP contribution in [0.2, 0.25) is 0 Å². The lowest BCUT2D eigenvalue weighted by Gasteiger charge is -2.34. The molecule has 2 aromatic rings. The Labute approximate surface area is 208 Å². The zero-order valence-electron chi connectivity index (χ0n) is 19.9. The van der Waals surface area contributed by atoms with Gasteiger partial charge in [0.05, 0.1) is 13.2 Å². The molecule has 2 aromatic carbocycles. The van der Waals surface area contributed by atoms with Crippen molar-refractivity contribution in [3.05, 3.63) is 64.7 Å². The van der Waals surface area contributed by atoms with Crippen LogP contribution in [-0.4, -0.2) is 42.2 Å². The Morgan fingerprint density at radius 1 is 1.14 bits per heavy atom. The minimum absolute atomic E-state index is 0.211. The third kappa shape index (κ3) is 7.56. The van der Waals surface area contributed by atoms with Gasteiger partial charge in [-0.25, -0.2) is 13.6 Å². The molecule has 0 spiro atoms. The highest BCUT2D eigenvalue weighted by atomic mass is 32.2. The fourth-order valence-electron chi connectivity index (χ4n) is 4.58. The molecule has 190 valence electrons. The van der Waals surface area contributed by atoms with E-state index in [1.54, 1.807) is 6.92 Å². The number of amides is 1. The van der Waals surface area contributed by atoms with Crippen LogP contribution in [0.25, 0.3) is 0 Å². The van der Waals surface area contributed by atoms with Crippen molar-refractivity contribution in [1.82, 2.24) is 10.0 Å². The lowest BCUT2D eigenvalue weighted by molar-refractivity contribution is 0.144. The number of nitrogens with one attached hydrogen (secondary N) is 2. The van der Waals surface area contributed by atoms with Gasteiger partial charge in [0.15, 0.2) is 0 Å². The van der Waals surface area contributed by atoms with E-state index in [4.69, 9.17) is 9.47 Å². The number of aryl methyl sites for hydroxylation is 1. The SMILES string of the molecule is CCOC(=O)NC1CCc2ccc(OCCN[S+]([O-])CC3CC3)cc2C1Cc1cc(F)cc(F)c1. The number of halogens is 2. The van der Waals surface area contributed by atoms with Gasteiger partial charge in [-0.15, -0.1) is 4.72 Å². The van der Waals surface area contributed by atoms with Crippen LogP contribution in [-0.2, 0) is 28.9 Å². The van der Waals surface area contributed by atoms with Gasteiger partial charge in [-0.3, -0.25) is 0 Å². The third-order valence-corrected chi connectivity index (χ3v) is 7.70. The standard InChI is InChI=1S/C26H32F2N2O4S/c1-2-33-26(31)30-25-8-6-19-5-7-22(34-10-9-29-35(32)16-17-3-4-17)15-23(19)24(25)13-18-11-20(27)14-21(28)12-18/h5,7,11-12,14-15,17,24-25,29H,2-4,6,8-10,13,16H2,1H3,(H,30,31). The molecule has 0 saturated heterocycles. The van der Waals surface area contributed by atoms with Crippen LogP contribution in [0.15, 0.2) is 36.4 Å². The van der Waals surface area contributed by atoms with Crippen LogP contribution in [0.4, 0.5) is 13.6 Å². The Morgan fingerprint density at radius 3 is 2.63 bits per heavy atom. The van der Waals surface area contributed by atoms with Gasteiger partial charge >= 0.3 is 6.09 Å². The van der Waals surface area contributed by atoms with Crippen molar-refractivity contribution in [2.75, 3.05) is 25.5 Å². The molecule has 35 heavy (non-hydrogen) atoms. The maximum atomic E-state index is 13.9. The van der Waals surface area contributed by atoms with E-state index in [-0.39, 0.29) is 18.6 Å². The van der Waals surface area contributed by atoms with Gasteiger partial charge in [0.1, 0.15) is 29.7 Å². The zero-order chi connectivity index (χ0) is 24.8. The third-order valence-electron chi connectivity index (χ3n) is 6.40. The Kier molecular flexibility index (Phi) is 8.86. The molecule has 4 rings (SSSR count). The second-order valence-corrected chi connectivity index (χ2v) is 10.5.